The lowest BCUT2D eigenvalue weighted by Crippen LogP contribution is -2.04. The SMILES string of the molecule is C/C=C/S/C(N)=N\c1ncc(Sc2cc(Cl)ccc2O)cc1Oc1ccccc1. The maximum Gasteiger partial charge on any atom is 0.198 e. The molecule has 0 amide bonds. The molecular formula is C21H18ClN3O2S2. The number of halogens is 1. The van der Waals surface area contributed by atoms with E-state index in [9.17, 15) is 5.11 Å². The minimum Gasteiger partial charge on any atom is -0.507 e. The number of phenolic OH excluding ortho intramolecular Hbond substituents is 1. The van der Waals surface area contributed by atoms with Crippen LogP contribution in [0.4, 0.5) is 5.82 Å². The summed E-state index contributed by atoms with van der Waals surface area (Å²) in [7, 11) is 0. The van der Waals surface area contributed by atoms with Gasteiger partial charge in [0.25, 0.3) is 0 Å². The Hall–Kier alpha value is -2.61. The molecule has 0 atom stereocenters. The number of thioether (sulfide) groups is 1. The molecule has 0 spiro atoms. The molecule has 0 unspecified atom stereocenters. The largest absolute Gasteiger partial charge is 0.507 e. The second kappa shape index (κ2) is 10.2. The van der Waals surface area contributed by atoms with Crippen molar-refractivity contribution in [1.82, 2.24) is 4.98 Å². The Labute approximate surface area is 182 Å². The van der Waals surface area contributed by atoms with Gasteiger partial charge in [-0.1, -0.05) is 59.4 Å². The molecule has 8 heteroatoms. The molecule has 0 aliphatic heterocycles. The highest BCUT2D eigenvalue weighted by Gasteiger charge is 2.12. The van der Waals surface area contributed by atoms with Crippen molar-refractivity contribution in [3.8, 4) is 17.2 Å². The Morgan fingerprint density at radius 1 is 1.21 bits per heavy atom. The third-order valence-corrected chi connectivity index (χ3v) is 5.45. The van der Waals surface area contributed by atoms with Gasteiger partial charge in [0.15, 0.2) is 16.7 Å². The summed E-state index contributed by atoms with van der Waals surface area (Å²) in [6.45, 7) is 1.90. The number of phenols is 1. The normalized spacial score (nSPS) is 11.7. The number of para-hydroxylation sites is 1. The van der Waals surface area contributed by atoms with Crippen molar-refractivity contribution in [1.29, 1.82) is 0 Å². The van der Waals surface area contributed by atoms with Crippen LogP contribution in [-0.2, 0) is 0 Å². The molecule has 0 aliphatic rings. The van der Waals surface area contributed by atoms with E-state index in [4.69, 9.17) is 22.1 Å². The van der Waals surface area contributed by atoms with Crippen molar-refractivity contribution >= 4 is 46.1 Å². The predicted molar refractivity (Wildman–Crippen MR) is 122 cm³/mol. The summed E-state index contributed by atoms with van der Waals surface area (Å²) >= 11 is 8.66. The first-order chi connectivity index (χ1) is 14.0. The van der Waals surface area contributed by atoms with Gasteiger partial charge in [0.1, 0.15) is 11.5 Å². The molecule has 0 aliphatic carbocycles. The molecule has 3 N–H and O–H groups in total. The average Bonchev–Trinajstić information content (AvgIpc) is 2.72. The van der Waals surface area contributed by atoms with E-state index in [0.29, 0.717) is 32.4 Å². The Morgan fingerprint density at radius 3 is 2.76 bits per heavy atom. The number of hydrogen-bond acceptors (Lipinski definition) is 6. The number of amidine groups is 1. The molecule has 2 aromatic carbocycles. The van der Waals surface area contributed by atoms with Gasteiger partial charge in [0, 0.05) is 22.2 Å². The zero-order valence-corrected chi connectivity index (χ0v) is 17.8. The number of rotatable bonds is 6. The second-order valence-corrected chi connectivity index (χ2v) is 8.14. The van der Waals surface area contributed by atoms with Crippen LogP contribution in [0.2, 0.25) is 5.02 Å². The monoisotopic (exact) mass is 443 g/mol. The average molecular weight is 444 g/mol. The molecule has 0 radical (unpaired) electrons. The van der Waals surface area contributed by atoms with Gasteiger partial charge < -0.3 is 15.6 Å². The van der Waals surface area contributed by atoms with Gasteiger partial charge in [0.2, 0.25) is 0 Å². The molecular weight excluding hydrogens is 426 g/mol. The summed E-state index contributed by atoms with van der Waals surface area (Å²) in [4.78, 5) is 10.1. The van der Waals surface area contributed by atoms with Crippen molar-refractivity contribution in [3.63, 3.8) is 0 Å². The number of allylic oxidation sites excluding steroid dienone is 1. The zero-order valence-electron chi connectivity index (χ0n) is 15.4. The van der Waals surface area contributed by atoms with Crippen LogP contribution in [0.1, 0.15) is 6.92 Å². The van der Waals surface area contributed by atoms with E-state index in [1.807, 2.05) is 48.7 Å². The van der Waals surface area contributed by atoms with E-state index in [2.05, 4.69) is 9.98 Å². The van der Waals surface area contributed by atoms with E-state index in [-0.39, 0.29) is 5.75 Å². The topological polar surface area (TPSA) is 80.7 Å². The lowest BCUT2D eigenvalue weighted by molar-refractivity contribution is 0.462. The first-order valence-electron chi connectivity index (χ1n) is 8.56. The van der Waals surface area contributed by atoms with E-state index in [0.717, 1.165) is 4.90 Å². The fourth-order valence-electron chi connectivity index (χ4n) is 2.21. The molecule has 1 aromatic heterocycles. The summed E-state index contributed by atoms with van der Waals surface area (Å²) in [5.74, 6) is 1.60. The minimum absolute atomic E-state index is 0.138. The van der Waals surface area contributed by atoms with Crippen LogP contribution in [0.3, 0.4) is 0 Å². The lowest BCUT2D eigenvalue weighted by Gasteiger charge is -2.11. The van der Waals surface area contributed by atoms with Crippen molar-refractivity contribution in [3.05, 3.63) is 77.3 Å². The maximum atomic E-state index is 10.1. The highest BCUT2D eigenvalue weighted by atomic mass is 35.5. The van der Waals surface area contributed by atoms with Gasteiger partial charge in [-0.25, -0.2) is 9.98 Å². The number of benzene rings is 2. The standard InChI is InChI=1S/C21H18ClN3O2S2/c1-2-10-28-21(23)25-20-18(27-15-6-4-3-5-7-15)12-16(13-24-20)29-19-11-14(22)8-9-17(19)26/h2-13,26H,1H3,(H2,23,24,25)/b10-2+. The third-order valence-electron chi connectivity index (χ3n) is 3.47. The summed E-state index contributed by atoms with van der Waals surface area (Å²) < 4.78 is 5.99. The molecule has 0 saturated carbocycles. The Balaban J connectivity index is 1.95. The maximum absolute atomic E-state index is 10.1. The molecule has 5 nitrogen and oxygen atoms in total. The highest BCUT2D eigenvalue weighted by molar-refractivity contribution is 8.16. The van der Waals surface area contributed by atoms with Gasteiger partial charge in [0.05, 0.1) is 4.90 Å². The summed E-state index contributed by atoms with van der Waals surface area (Å²) in [6, 6.07) is 16.0. The molecule has 3 rings (SSSR count). The van der Waals surface area contributed by atoms with E-state index < -0.39 is 0 Å². The molecule has 0 saturated heterocycles. The Morgan fingerprint density at radius 2 is 2.00 bits per heavy atom. The van der Waals surface area contributed by atoms with E-state index in [1.165, 1.54) is 23.5 Å². The number of aromatic hydroxyl groups is 1. The van der Waals surface area contributed by atoms with Gasteiger partial charge >= 0.3 is 0 Å². The molecule has 148 valence electrons. The van der Waals surface area contributed by atoms with Gasteiger partial charge in [-0.2, -0.15) is 0 Å². The molecule has 0 bridgehead atoms. The number of ether oxygens (including phenoxy) is 1. The first-order valence-corrected chi connectivity index (χ1v) is 10.6. The number of pyridine rings is 1. The molecule has 0 fully saturated rings. The van der Waals surface area contributed by atoms with Crippen LogP contribution < -0.4 is 10.5 Å². The highest BCUT2D eigenvalue weighted by Crippen LogP contribution is 2.40. The van der Waals surface area contributed by atoms with Crippen LogP contribution in [0.15, 0.2) is 87.1 Å². The summed E-state index contributed by atoms with van der Waals surface area (Å²) in [5.41, 5.74) is 5.97. The molecule has 29 heavy (non-hydrogen) atoms. The second-order valence-electron chi connectivity index (χ2n) is 5.66. The number of aliphatic imine (C=N–C) groups is 1. The van der Waals surface area contributed by atoms with Gasteiger partial charge in [-0.3, -0.25) is 0 Å². The first kappa shape index (κ1) is 21.1. The smallest absolute Gasteiger partial charge is 0.198 e. The molecule has 3 aromatic rings. The van der Waals surface area contributed by atoms with Gasteiger partial charge in [-0.15, -0.1) is 0 Å². The van der Waals surface area contributed by atoms with Crippen LogP contribution in [0.5, 0.6) is 17.2 Å². The summed E-state index contributed by atoms with van der Waals surface area (Å²) in [6.07, 6.45) is 3.52. The lowest BCUT2D eigenvalue weighted by atomic mass is 10.3. The number of nitrogens with zero attached hydrogens (tertiary/aromatic N) is 2. The minimum atomic E-state index is 0.138. The Kier molecular flexibility index (Phi) is 7.46. The van der Waals surface area contributed by atoms with Crippen LogP contribution >= 0.6 is 35.1 Å². The predicted octanol–water partition coefficient (Wildman–Crippen LogP) is 6.60. The van der Waals surface area contributed by atoms with Crippen LogP contribution in [-0.4, -0.2) is 15.3 Å². The van der Waals surface area contributed by atoms with E-state index in [1.54, 1.807) is 30.5 Å². The summed E-state index contributed by atoms with van der Waals surface area (Å²) in [5, 5.41) is 12.8. The quantitative estimate of drug-likeness (QED) is 0.330. The van der Waals surface area contributed by atoms with Crippen molar-refractivity contribution in [2.24, 2.45) is 10.7 Å². The zero-order chi connectivity index (χ0) is 20.6. The number of hydrogen-bond donors (Lipinski definition) is 2. The Bertz CT molecular complexity index is 1040. The van der Waals surface area contributed by atoms with Crippen molar-refractivity contribution in [2.75, 3.05) is 0 Å². The van der Waals surface area contributed by atoms with Crippen LogP contribution in [0, 0.1) is 0 Å². The number of aromatic nitrogens is 1. The van der Waals surface area contributed by atoms with Crippen molar-refractivity contribution < 1.29 is 9.84 Å². The van der Waals surface area contributed by atoms with Crippen LogP contribution in [0.25, 0.3) is 0 Å². The fraction of sp³-hybridized carbons (Fsp3) is 0.0476. The third kappa shape index (κ3) is 6.19. The van der Waals surface area contributed by atoms with E-state index >= 15 is 0 Å². The molecule has 1 heterocycles. The van der Waals surface area contributed by atoms with Gasteiger partial charge in [-0.05, 0) is 42.7 Å². The number of nitrogens with two attached hydrogens (primary N) is 1. The van der Waals surface area contributed by atoms with Crippen molar-refractivity contribution in [2.45, 2.75) is 16.7 Å². The fourth-order valence-corrected chi connectivity index (χ4v) is 3.75.